The molecule has 114 valence electrons. The molecule has 4 nitrogen and oxygen atoms in total. The lowest BCUT2D eigenvalue weighted by Gasteiger charge is -2.12. The van der Waals surface area contributed by atoms with E-state index in [4.69, 9.17) is 9.47 Å². The SMILES string of the molecule is COc1ccc(C(=CC(=O)O)c2cccc(C)c2)cc1OC. The van der Waals surface area contributed by atoms with Crippen LogP contribution in [-0.2, 0) is 4.79 Å². The summed E-state index contributed by atoms with van der Waals surface area (Å²) < 4.78 is 10.5. The number of benzene rings is 2. The molecule has 2 aromatic rings. The number of aliphatic carboxylic acids is 1. The van der Waals surface area contributed by atoms with Crippen LogP contribution < -0.4 is 9.47 Å². The number of methoxy groups -OCH3 is 2. The first kappa shape index (κ1) is 15.6. The van der Waals surface area contributed by atoms with Gasteiger partial charge in [0.25, 0.3) is 0 Å². The number of aryl methyl sites for hydroxylation is 1. The highest BCUT2D eigenvalue weighted by Crippen LogP contribution is 2.33. The minimum atomic E-state index is -0.994. The highest BCUT2D eigenvalue weighted by molar-refractivity contribution is 5.95. The summed E-state index contributed by atoms with van der Waals surface area (Å²) in [6, 6.07) is 13.1. The molecule has 0 amide bonds. The van der Waals surface area contributed by atoms with Gasteiger partial charge in [-0.1, -0.05) is 35.9 Å². The van der Waals surface area contributed by atoms with Crippen molar-refractivity contribution < 1.29 is 19.4 Å². The quantitative estimate of drug-likeness (QED) is 0.858. The second kappa shape index (κ2) is 6.80. The number of hydrogen-bond acceptors (Lipinski definition) is 3. The third-order valence-electron chi connectivity index (χ3n) is 3.29. The number of rotatable bonds is 5. The lowest BCUT2D eigenvalue weighted by atomic mass is 9.96. The Labute approximate surface area is 129 Å². The van der Waals surface area contributed by atoms with Gasteiger partial charge in [0.15, 0.2) is 11.5 Å². The average molecular weight is 298 g/mol. The summed E-state index contributed by atoms with van der Waals surface area (Å²) in [4.78, 5) is 11.2. The first-order chi connectivity index (χ1) is 10.5. The number of carboxylic acids is 1. The lowest BCUT2D eigenvalue weighted by Crippen LogP contribution is -1.97. The smallest absolute Gasteiger partial charge is 0.328 e. The van der Waals surface area contributed by atoms with Crippen LogP contribution in [0.3, 0.4) is 0 Å². The van der Waals surface area contributed by atoms with Crippen molar-refractivity contribution in [1.29, 1.82) is 0 Å². The molecule has 0 saturated carbocycles. The molecule has 0 heterocycles. The number of ether oxygens (including phenoxy) is 2. The van der Waals surface area contributed by atoms with Crippen LogP contribution in [0.1, 0.15) is 16.7 Å². The van der Waals surface area contributed by atoms with Gasteiger partial charge in [0.1, 0.15) is 0 Å². The molecule has 4 heteroatoms. The number of hydrogen-bond donors (Lipinski definition) is 1. The Morgan fingerprint density at radius 2 is 1.68 bits per heavy atom. The third-order valence-corrected chi connectivity index (χ3v) is 3.29. The Hall–Kier alpha value is -2.75. The Bertz CT molecular complexity index is 717. The normalized spacial score (nSPS) is 11.1. The van der Waals surface area contributed by atoms with Crippen LogP contribution in [-0.4, -0.2) is 25.3 Å². The van der Waals surface area contributed by atoms with E-state index in [0.717, 1.165) is 16.7 Å². The fourth-order valence-electron chi connectivity index (χ4n) is 2.27. The van der Waals surface area contributed by atoms with Gasteiger partial charge in [0, 0.05) is 6.08 Å². The summed E-state index contributed by atoms with van der Waals surface area (Å²) in [6.45, 7) is 1.97. The predicted molar refractivity (Wildman–Crippen MR) is 85.4 cm³/mol. The van der Waals surface area contributed by atoms with Gasteiger partial charge in [-0.2, -0.15) is 0 Å². The standard InChI is InChI=1S/C18H18O4/c1-12-5-4-6-13(9-12)15(11-18(19)20)14-7-8-16(21-2)17(10-14)22-3/h4-11H,1-3H3,(H,19,20). The first-order valence-electron chi connectivity index (χ1n) is 6.79. The van der Waals surface area contributed by atoms with Crippen LogP contribution in [0.5, 0.6) is 11.5 Å². The zero-order chi connectivity index (χ0) is 16.1. The van der Waals surface area contributed by atoms with Crippen molar-refractivity contribution in [2.45, 2.75) is 6.92 Å². The maximum Gasteiger partial charge on any atom is 0.328 e. The van der Waals surface area contributed by atoms with Crippen molar-refractivity contribution in [3.8, 4) is 11.5 Å². The highest BCUT2D eigenvalue weighted by Gasteiger charge is 2.11. The second-order valence-electron chi connectivity index (χ2n) is 4.84. The van der Waals surface area contributed by atoms with Crippen LogP contribution in [0.15, 0.2) is 48.5 Å². The van der Waals surface area contributed by atoms with Crippen molar-refractivity contribution in [3.05, 3.63) is 65.2 Å². The van der Waals surface area contributed by atoms with Gasteiger partial charge < -0.3 is 14.6 Å². The van der Waals surface area contributed by atoms with Crippen molar-refractivity contribution in [1.82, 2.24) is 0 Å². The zero-order valence-electron chi connectivity index (χ0n) is 12.8. The Balaban J connectivity index is 2.58. The van der Waals surface area contributed by atoms with Gasteiger partial charge in [0.2, 0.25) is 0 Å². The topological polar surface area (TPSA) is 55.8 Å². The Morgan fingerprint density at radius 1 is 1.00 bits per heavy atom. The molecule has 1 N–H and O–H groups in total. The van der Waals surface area contributed by atoms with Gasteiger partial charge in [0.05, 0.1) is 14.2 Å². The fraction of sp³-hybridized carbons (Fsp3) is 0.167. The predicted octanol–water partition coefficient (Wildman–Crippen LogP) is 3.53. The molecule has 0 aromatic heterocycles. The molecular formula is C18H18O4. The average Bonchev–Trinajstić information content (AvgIpc) is 2.51. The molecule has 0 atom stereocenters. The summed E-state index contributed by atoms with van der Waals surface area (Å²) in [7, 11) is 3.11. The van der Waals surface area contributed by atoms with Crippen LogP contribution in [0.4, 0.5) is 0 Å². The molecule has 0 fully saturated rings. The van der Waals surface area contributed by atoms with Crippen LogP contribution in [0.25, 0.3) is 5.57 Å². The van der Waals surface area contributed by atoms with E-state index < -0.39 is 5.97 Å². The van der Waals surface area contributed by atoms with E-state index in [0.29, 0.717) is 17.1 Å². The summed E-state index contributed by atoms with van der Waals surface area (Å²) in [6.07, 6.45) is 1.20. The summed E-state index contributed by atoms with van der Waals surface area (Å²) in [5.41, 5.74) is 3.28. The minimum absolute atomic E-state index is 0.559. The van der Waals surface area contributed by atoms with Crippen LogP contribution >= 0.6 is 0 Å². The van der Waals surface area contributed by atoms with E-state index in [2.05, 4.69) is 0 Å². The molecule has 22 heavy (non-hydrogen) atoms. The second-order valence-corrected chi connectivity index (χ2v) is 4.84. The van der Waals surface area contributed by atoms with Crippen molar-refractivity contribution in [2.24, 2.45) is 0 Å². The monoisotopic (exact) mass is 298 g/mol. The van der Waals surface area contributed by atoms with Crippen LogP contribution in [0, 0.1) is 6.92 Å². The third kappa shape index (κ3) is 3.47. The fourth-order valence-corrected chi connectivity index (χ4v) is 2.27. The molecule has 0 aliphatic carbocycles. The largest absolute Gasteiger partial charge is 0.493 e. The maximum atomic E-state index is 11.2. The number of carboxylic acid groups (broad SMARTS) is 1. The van der Waals surface area contributed by atoms with E-state index >= 15 is 0 Å². The van der Waals surface area contributed by atoms with E-state index in [-0.39, 0.29) is 0 Å². The molecule has 0 spiro atoms. The Kier molecular flexibility index (Phi) is 4.84. The maximum absolute atomic E-state index is 11.2. The van der Waals surface area contributed by atoms with Gasteiger partial charge in [-0.3, -0.25) is 0 Å². The van der Waals surface area contributed by atoms with Gasteiger partial charge in [-0.25, -0.2) is 4.79 Å². The highest BCUT2D eigenvalue weighted by atomic mass is 16.5. The molecule has 2 rings (SSSR count). The summed E-state index contributed by atoms with van der Waals surface area (Å²) in [5, 5.41) is 9.17. The molecule has 0 saturated heterocycles. The van der Waals surface area contributed by atoms with Gasteiger partial charge in [-0.05, 0) is 35.8 Å². The van der Waals surface area contributed by atoms with E-state index in [1.807, 2.05) is 37.3 Å². The number of carbonyl (C=O) groups is 1. The lowest BCUT2D eigenvalue weighted by molar-refractivity contribution is -0.131. The zero-order valence-corrected chi connectivity index (χ0v) is 12.8. The first-order valence-corrected chi connectivity index (χ1v) is 6.79. The Morgan fingerprint density at radius 3 is 2.27 bits per heavy atom. The molecular weight excluding hydrogens is 280 g/mol. The van der Waals surface area contributed by atoms with E-state index in [9.17, 15) is 9.90 Å². The summed E-state index contributed by atoms with van der Waals surface area (Å²) in [5.74, 6) is 0.167. The van der Waals surface area contributed by atoms with E-state index in [1.54, 1.807) is 26.4 Å². The van der Waals surface area contributed by atoms with Crippen molar-refractivity contribution >= 4 is 11.5 Å². The molecule has 0 radical (unpaired) electrons. The van der Waals surface area contributed by atoms with Crippen LogP contribution in [0.2, 0.25) is 0 Å². The summed E-state index contributed by atoms with van der Waals surface area (Å²) >= 11 is 0. The molecule has 0 aliphatic heterocycles. The minimum Gasteiger partial charge on any atom is -0.493 e. The van der Waals surface area contributed by atoms with E-state index in [1.165, 1.54) is 6.08 Å². The van der Waals surface area contributed by atoms with Crippen molar-refractivity contribution in [3.63, 3.8) is 0 Å². The molecule has 0 aliphatic rings. The molecule has 2 aromatic carbocycles. The molecule has 0 unspecified atom stereocenters. The van der Waals surface area contributed by atoms with Gasteiger partial charge in [-0.15, -0.1) is 0 Å². The van der Waals surface area contributed by atoms with Crippen molar-refractivity contribution in [2.75, 3.05) is 14.2 Å². The van der Waals surface area contributed by atoms with Gasteiger partial charge >= 0.3 is 5.97 Å². The molecule has 0 bridgehead atoms.